The number of aryl methyl sites for hydroxylation is 2. The van der Waals surface area contributed by atoms with Crippen molar-refractivity contribution >= 4 is 22.7 Å². The molecule has 1 aliphatic heterocycles. The highest BCUT2D eigenvalue weighted by Crippen LogP contribution is 2.46. The minimum atomic E-state index is 0.709. The van der Waals surface area contributed by atoms with Gasteiger partial charge in [0, 0.05) is 22.8 Å². The second-order valence-electron chi connectivity index (χ2n) is 6.95. The molecule has 124 valence electrons. The number of para-hydroxylation sites is 2. The Morgan fingerprint density at radius 3 is 2.20 bits per heavy atom. The molecule has 3 nitrogen and oxygen atoms in total. The summed E-state index contributed by atoms with van der Waals surface area (Å²) in [5.41, 5.74) is 7.26. The summed E-state index contributed by atoms with van der Waals surface area (Å²) in [7, 11) is 2.28. The Morgan fingerprint density at radius 1 is 0.880 bits per heavy atom. The van der Waals surface area contributed by atoms with Crippen LogP contribution in [-0.4, -0.2) is 18.4 Å². The minimum absolute atomic E-state index is 0.709. The quantitative estimate of drug-likeness (QED) is 0.406. The van der Waals surface area contributed by atoms with Crippen molar-refractivity contribution in [2.24, 2.45) is 5.11 Å². The van der Waals surface area contributed by atoms with E-state index >= 15 is 0 Å². The molecule has 25 heavy (non-hydrogen) atoms. The lowest BCUT2D eigenvalue weighted by Gasteiger charge is -2.34. The predicted molar refractivity (Wildman–Crippen MR) is 103 cm³/mol. The van der Waals surface area contributed by atoms with Crippen molar-refractivity contribution in [3.8, 4) is 0 Å². The van der Waals surface area contributed by atoms with Gasteiger partial charge < -0.3 is 0 Å². The van der Waals surface area contributed by atoms with Crippen molar-refractivity contribution in [3.63, 3.8) is 0 Å². The number of rotatable bonds is 2. The molecule has 0 radical (unpaired) electrons. The van der Waals surface area contributed by atoms with Crippen LogP contribution in [0.25, 0.3) is 0 Å². The minimum Gasteiger partial charge on any atom is -0.202 e. The molecule has 3 aromatic carbocycles. The summed E-state index contributed by atoms with van der Waals surface area (Å²) in [5.74, 6) is 0. The zero-order valence-electron chi connectivity index (χ0n) is 15.0. The molecular formula is C22H23N3+2. The van der Waals surface area contributed by atoms with E-state index in [2.05, 4.69) is 92.3 Å². The monoisotopic (exact) mass is 329 g/mol. The van der Waals surface area contributed by atoms with Gasteiger partial charge in [0.2, 0.25) is 5.69 Å². The van der Waals surface area contributed by atoms with Gasteiger partial charge in [-0.2, -0.15) is 0 Å². The molecule has 0 bridgehead atoms. The molecule has 0 amide bonds. The van der Waals surface area contributed by atoms with E-state index < -0.39 is 0 Å². The summed E-state index contributed by atoms with van der Waals surface area (Å²) in [6, 6.07) is 25.6. The largest absolute Gasteiger partial charge is 0.311 e. The van der Waals surface area contributed by atoms with Gasteiger partial charge in [-0.25, -0.2) is 4.48 Å². The van der Waals surface area contributed by atoms with Crippen LogP contribution in [0.2, 0.25) is 0 Å². The number of hydrogen-bond donors (Lipinski definition) is 0. The van der Waals surface area contributed by atoms with E-state index in [0.29, 0.717) is 4.48 Å². The third-order valence-electron chi connectivity index (χ3n) is 4.94. The molecule has 3 aromatic rings. The summed E-state index contributed by atoms with van der Waals surface area (Å²) in [4.78, 5) is 0. The van der Waals surface area contributed by atoms with E-state index in [0.717, 1.165) is 18.0 Å². The molecular weight excluding hydrogens is 306 g/mol. The van der Waals surface area contributed by atoms with Crippen molar-refractivity contribution in [3.05, 3.63) is 83.9 Å². The highest BCUT2D eigenvalue weighted by molar-refractivity contribution is 5.74. The maximum atomic E-state index is 4.98. The van der Waals surface area contributed by atoms with Gasteiger partial charge in [-0.1, -0.05) is 42.5 Å². The fourth-order valence-electron chi connectivity index (χ4n) is 3.86. The Morgan fingerprint density at radius 2 is 1.52 bits per heavy atom. The van der Waals surface area contributed by atoms with Crippen molar-refractivity contribution in [2.45, 2.75) is 13.8 Å². The third-order valence-corrected chi connectivity index (χ3v) is 4.94. The molecule has 0 fully saturated rings. The van der Waals surface area contributed by atoms with Crippen LogP contribution in [0.5, 0.6) is 0 Å². The van der Waals surface area contributed by atoms with Crippen LogP contribution in [0.1, 0.15) is 11.1 Å². The van der Waals surface area contributed by atoms with Crippen LogP contribution in [0, 0.1) is 13.8 Å². The topological polar surface area (TPSA) is 15.4 Å². The van der Waals surface area contributed by atoms with Gasteiger partial charge in [-0.05, 0) is 42.3 Å². The standard InChI is InChI=1S/C22H23N3/c1-17-14-18(2)22-21(15-17)23-24(19-10-6-4-7-11-19)16-25(22,3)20-12-8-5-9-13-20/h4-15H,16H2,1-3H3/q+2. The lowest BCUT2D eigenvalue weighted by Crippen LogP contribution is -2.46. The van der Waals surface area contributed by atoms with E-state index in [1.165, 1.54) is 22.5 Å². The Bertz CT molecular complexity index is 946. The zero-order valence-corrected chi connectivity index (χ0v) is 15.0. The van der Waals surface area contributed by atoms with Crippen molar-refractivity contribution < 1.29 is 4.70 Å². The molecule has 3 heteroatoms. The number of hydrogen-bond acceptors (Lipinski definition) is 1. The first-order valence-corrected chi connectivity index (χ1v) is 8.65. The van der Waals surface area contributed by atoms with Crippen molar-refractivity contribution in [1.82, 2.24) is 4.48 Å². The lowest BCUT2D eigenvalue weighted by atomic mass is 10.0. The van der Waals surface area contributed by atoms with Crippen LogP contribution in [-0.2, 0) is 0 Å². The molecule has 4 rings (SSSR count). The van der Waals surface area contributed by atoms with Gasteiger partial charge in [0.15, 0.2) is 11.4 Å². The molecule has 0 aliphatic carbocycles. The van der Waals surface area contributed by atoms with E-state index in [9.17, 15) is 0 Å². The fourth-order valence-corrected chi connectivity index (χ4v) is 3.86. The molecule has 1 atom stereocenters. The lowest BCUT2D eigenvalue weighted by molar-refractivity contribution is -0.527. The van der Waals surface area contributed by atoms with E-state index in [1.54, 1.807) is 0 Å². The Hall–Kier alpha value is -2.78. The number of fused-ring (bicyclic) bond motifs is 1. The van der Waals surface area contributed by atoms with Crippen LogP contribution in [0.15, 0.2) is 77.9 Å². The first-order valence-electron chi connectivity index (χ1n) is 8.65. The third kappa shape index (κ3) is 2.67. The Labute approximate surface area is 149 Å². The van der Waals surface area contributed by atoms with Gasteiger partial charge in [-0.3, -0.25) is 0 Å². The first kappa shape index (κ1) is 15.7. The average molecular weight is 329 g/mol. The Kier molecular flexibility index (Phi) is 3.74. The van der Waals surface area contributed by atoms with E-state index in [1.807, 2.05) is 6.07 Å². The molecule has 0 aromatic heterocycles. The second-order valence-corrected chi connectivity index (χ2v) is 6.95. The van der Waals surface area contributed by atoms with E-state index in [4.69, 9.17) is 5.11 Å². The normalized spacial score (nSPS) is 19.2. The van der Waals surface area contributed by atoms with Gasteiger partial charge >= 0.3 is 6.67 Å². The van der Waals surface area contributed by atoms with Gasteiger partial charge in [0.1, 0.15) is 5.69 Å². The summed E-state index contributed by atoms with van der Waals surface area (Å²) in [5, 5.41) is 4.98. The molecule has 0 saturated carbocycles. The van der Waals surface area contributed by atoms with Crippen LogP contribution >= 0.6 is 0 Å². The maximum Gasteiger partial charge on any atom is 0.311 e. The summed E-state index contributed by atoms with van der Waals surface area (Å²) in [6.07, 6.45) is 0. The smallest absolute Gasteiger partial charge is 0.202 e. The van der Waals surface area contributed by atoms with E-state index in [-0.39, 0.29) is 0 Å². The van der Waals surface area contributed by atoms with Crippen LogP contribution in [0.4, 0.5) is 22.7 Å². The van der Waals surface area contributed by atoms with Crippen molar-refractivity contribution in [2.75, 3.05) is 13.7 Å². The summed E-state index contributed by atoms with van der Waals surface area (Å²) < 4.78 is 2.83. The molecule has 1 aliphatic rings. The molecule has 1 unspecified atom stereocenters. The number of nitrogens with zero attached hydrogens (tertiary/aromatic N) is 3. The zero-order chi connectivity index (χ0) is 17.4. The van der Waals surface area contributed by atoms with Gasteiger partial charge in [0.05, 0.1) is 7.05 Å². The van der Waals surface area contributed by atoms with Gasteiger partial charge in [0.25, 0.3) is 0 Å². The highest BCUT2D eigenvalue weighted by Gasteiger charge is 2.42. The summed E-state index contributed by atoms with van der Waals surface area (Å²) in [6.45, 7) is 5.10. The fraction of sp³-hybridized carbons (Fsp3) is 0.182. The number of quaternary nitrogens is 1. The molecule has 1 heterocycles. The SMILES string of the molecule is Cc1cc(C)c2c(c1)N=[N+](c1ccccc1)C[N+]2(C)c1ccccc1. The molecule has 0 saturated heterocycles. The van der Waals surface area contributed by atoms with Crippen molar-refractivity contribution in [1.29, 1.82) is 0 Å². The second kappa shape index (κ2) is 5.94. The molecule has 0 N–H and O–H groups in total. The first-order chi connectivity index (χ1) is 12.1. The summed E-state index contributed by atoms with van der Waals surface area (Å²) >= 11 is 0. The number of benzene rings is 3. The van der Waals surface area contributed by atoms with Crippen LogP contribution in [0.3, 0.4) is 0 Å². The maximum absolute atomic E-state index is 4.98. The Balaban J connectivity index is 1.98. The highest BCUT2D eigenvalue weighted by atomic mass is 15.5. The predicted octanol–water partition coefficient (Wildman–Crippen LogP) is 5.97. The number of azo groups is 2. The average Bonchev–Trinajstić information content (AvgIpc) is 2.62. The van der Waals surface area contributed by atoms with Crippen LogP contribution < -0.4 is 4.48 Å². The molecule has 0 spiro atoms. The van der Waals surface area contributed by atoms with Gasteiger partial charge in [-0.15, -0.1) is 0 Å².